The Hall–Kier alpha value is -2.61. The van der Waals surface area contributed by atoms with Gasteiger partial charge in [-0.2, -0.15) is 0 Å². The number of rotatable bonds is 4. The third-order valence-corrected chi connectivity index (χ3v) is 2.48. The Balaban J connectivity index is 3.33. The zero-order valence-corrected chi connectivity index (χ0v) is 10.2. The zero-order valence-electron chi connectivity index (χ0n) is 10.2. The number of aromatic nitrogens is 1. The summed E-state index contributed by atoms with van der Waals surface area (Å²) in [6, 6.07) is 1.98. The van der Waals surface area contributed by atoms with Gasteiger partial charge in [-0.05, 0) is 11.1 Å². The van der Waals surface area contributed by atoms with Gasteiger partial charge in [0.25, 0.3) is 0 Å². The minimum atomic E-state index is 0.449. The molecule has 86 valence electrons. The maximum absolute atomic E-state index is 5.34. The summed E-state index contributed by atoms with van der Waals surface area (Å²) in [4.78, 5) is 4.51. The van der Waals surface area contributed by atoms with Gasteiger partial charge in [0.15, 0.2) is 0 Å². The molecule has 0 saturated heterocycles. The highest BCUT2D eigenvalue weighted by Gasteiger charge is 2.09. The van der Waals surface area contributed by atoms with Gasteiger partial charge in [-0.15, -0.1) is 49.4 Å². The third-order valence-electron chi connectivity index (χ3n) is 2.48. The average Bonchev–Trinajstić information content (AvgIpc) is 2.35. The van der Waals surface area contributed by atoms with Crippen LogP contribution in [0.15, 0.2) is 6.07 Å². The van der Waals surface area contributed by atoms with E-state index in [4.69, 9.17) is 25.7 Å². The van der Waals surface area contributed by atoms with Gasteiger partial charge in [0.1, 0.15) is 0 Å². The Morgan fingerprint density at radius 3 is 1.44 bits per heavy atom. The number of terminal acetylenes is 4. The molecule has 0 aliphatic heterocycles. The Bertz CT molecular complexity index is 488. The maximum atomic E-state index is 5.34. The van der Waals surface area contributed by atoms with Crippen molar-refractivity contribution in [3.63, 3.8) is 0 Å². The molecule has 0 saturated carbocycles. The number of hydrogen-bond donors (Lipinski definition) is 0. The number of nitrogens with zero attached hydrogens (tertiary/aromatic N) is 1. The van der Waals surface area contributed by atoms with Crippen molar-refractivity contribution < 1.29 is 0 Å². The molecule has 0 amide bonds. The molecule has 18 heavy (non-hydrogen) atoms. The molecule has 0 atom stereocenters. The lowest BCUT2D eigenvalue weighted by Crippen LogP contribution is -2.05. The van der Waals surface area contributed by atoms with E-state index in [1.807, 2.05) is 6.07 Å². The van der Waals surface area contributed by atoms with E-state index in [-0.39, 0.29) is 0 Å². The molecular weight excluding hydrogens is 218 g/mol. The summed E-state index contributed by atoms with van der Waals surface area (Å²) in [7, 11) is 0. The fourth-order valence-corrected chi connectivity index (χ4v) is 1.71. The molecule has 0 aliphatic carbocycles. The Labute approximate surface area is 109 Å². The molecule has 0 fully saturated rings. The van der Waals surface area contributed by atoms with Gasteiger partial charge in [-0.25, -0.2) is 0 Å². The van der Waals surface area contributed by atoms with Crippen molar-refractivity contribution in [2.75, 3.05) is 0 Å². The van der Waals surface area contributed by atoms with Gasteiger partial charge in [-0.3, -0.25) is 4.98 Å². The van der Waals surface area contributed by atoms with Crippen LogP contribution in [-0.4, -0.2) is 4.98 Å². The van der Waals surface area contributed by atoms with Crippen LogP contribution in [0.2, 0.25) is 0 Å². The third kappa shape index (κ3) is 3.19. The summed E-state index contributed by atoms with van der Waals surface area (Å²) in [5, 5.41) is 0. The fraction of sp³-hybridized carbons (Fsp3) is 0.235. The van der Waals surface area contributed by atoms with E-state index >= 15 is 0 Å². The summed E-state index contributed by atoms with van der Waals surface area (Å²) in [6.07, 6.45) is 23.2. The number of pyridine rings is 1. The normalized spacial score (nSPS) is 8.67. The molecule has 1 aromatic heterocycles. The highest BCUT2D eigenvalue weighted by Crippen LogP contribution is 2.16. The molecule has 1 nitrogen and oxygen atoms in total. The van der Waals surface area contributed by atoms with E-state index in [2.05, 4.69) is 28.7 Å². The van der Waals surface area contributed by atoms with Gasteiger partial charge >= 0.3 is 0 Å². The van der Waals surface area contributed by atoms with E-state index < -0.39 is 0 Å². The van der Waals surface area contributed by atoms with Crippen molar-refractivity contribution in [3.05, 3.63) is 28.6 Å². The first-order valence-corrected chi connectivity index (χ1v) is 5.51. The SMILES string of the molecule is C#CCc1cc(CC#C)c(CC#C)nc1CC#C. The average molecular weight is 231 g/mol. The molecule has 1 aromatic rings. The minimum absolute atomic E-state index is 0.449. The van der Waals surface area contributed by atoms with Gasteiger partial charge in [0.05, 0.1) is 24.2 Å². The summed E-state index contributed by atoms with van der Waals surface area (Å²) in [5.74, 6) is 10.4. The van der Waals surface area contributed by atoms with Crippen LogP contribution in [0.4, 0.5) is 0 Å². The molecule has 1 heteroatoms. The molecule has 0 unspecified atom stereocenters. The molecule has 0 aromatic carbocycles. The molecule has 0 N–H and O–H groups in total. The lowest BCUT2D eigenvalue weighted by molar-refractivity contribution is 0.971. The van der Waals surface area contributed by atoms with Gasteiger partial charge in [0, 0.05) is 12.8 Å². The van der Waals surface area contributed by atoms with Crippen LogP contribution in [0.3, 0.4) is 0 Å². The quantitative estimate of drug-likeness (QED) is 0.720. The molecule has 1 rings (SSSR count). The van der Waals surface area contributed by atoms with E-state index in [1.165, 1.54) is 0 Å². The first-order valence-electron chi connectivity index (χ1n) is 5.51. The Morgan fingerprint density at radius 1 is 0.722 bits per heavy atom. The molecule has 0 radical (unpaired) electrons. The van der Waals surface area contributed by atoms with Crippen LogP contribution in [0.25, 0.3) is 0 Å². The maximum Gasteiger partial charge on any atom is 0.0568 e. The van der Waals surface area contributed by atoms with E-state index in [0.717, 1.165) is 22.5 Å². The number of hydrogen-bond acceptors (Lipinski definition) is 1. The van der Waals surface area contributed by atoms with Crippen molar-refractivity contribution in [3.8, 4) is 49.4 Å². The topological polar surface area (TPSA) is 12.9 Å². The smallest absolute Gasteiger partial charge is 0.0568 e. The van der Waals surface area contributed by atoms with Crippen LogP contribution in [-0.2, 0) is 25.7 Å². The van der Waals surface area contributed by atoms with Gasteiger partial charge < -0.3 is 0 Å². The summed E-state index contributed by atoms with van der Waals surface area (Å²) < 4.78 is 0. The van der Waals surface area contributed by atoms with Crippen molar-refractivity contribution in [1.29, 1.82) is 0 Å². The van der Waals surface area contributed by atoms with Crippen molar-refractivity contribution in [1.82, 2.24) is 4.98 Å². The summed E-state index contributed by atoms with van der Waals surface area (Å²) in [6.45, 7) is 0. The van der Waals surface area contributed by atoms with E-state index in [9.17, 15) is 0 Å². The van der Waals surface area contributed by atoms with Crippen molar-refractivity contribution in [2.45, 2.75) is 25.7 Å². The second kappa shape index (κ2) is 6.86. The van der Waals surface area contributed by atoms with Crippen LogP contribution >= 0.6 is 0 Å². The largest absolute Gasteiger partial charge is 0.255 e. The first-order chi connectivity index (χ1) is 8.76. The fourth-order valence-electron chi connectivity index (χ4n) is 1.71. The standard InChI is InChI=1S/C17H13N/c1-5-9-14-13-15(10-6-2)17(12-8-4)18-16(14)11-7-3/h1-4,13H,9-12H2. The predicted molar refractivity (Wildman–Crippen MR) is 74.4 cm³/mol. The highest BCUT2D eigenvalue weighted by molar-refractivity contribution is 5.37. The second-order valence-electron chi connectivity index (χ2n) is 3.72. The van der Waals surface area contributed by atoms with Crippen molar-refractivity contribution >= 4 is 0 Å². The van der Waals surface area contributed by atoms with Crippen LogP contribution in [0, 0.1) is 49.4 Å². The summed E-state index contributed by atoms with van der Waals surface area (Å²) >= 11 is 0. The highest BCUT2D eigenvalue weighted by atomic mass is 14.7. The minimum Gasteiger partial charge on any atom is -0.255 e. The predicted octanol–water partition coefficient (Wildman–Crippen LogP) is 1.78. The lowest BCUT2D eigenvalue weighted by atomic mass is 10.0. The molecular formula is C17H13N. The monoisotopic (exact) mass is 231 g/mol. The second-order valence-corrected chi connectivity index (χ2v) is 3.72. The van der Waals surface area contributed by atoms with Gasteiger partial charge in [-0.1, -0.05) is 6.07 Å². The van der Waals surface area contributed by atoms with Crippen LogP contribution in [0.5, 0.6) is 0 Å². The van der Waals surface area contributed by atoms with E-state index in [0.29, 0.717) is 25.7 Å². The van der Waals surface area contributed by atoms with Gasteiger partial charge in [0.2, 0.25) is 0 Å². The molecule has 0 bridgehead atoms. The molecule has 1 heterocycles. The van der Waals surface area contributed by atoms with Crippen LogP contribution in [0.1, 0.15) is 22.5 Å². The zero-order chi connectivity index (χ0) is 13.4. The van der Waals surface area contributed by atoms with E-state index in [1.54, 1.807) is 0 Å². The lowest BCUT2D eigenvalue weighted by Gasteiger charge is -2.10. The first kappa shape index (κ1) is 13.5. The van der Waals surface area contributed by atoms with Crippen molar-refractivity contribution in [2.24, 2.45) is 0 Å². The molecule has 0 aliphatic rings. The Morgan fingerprint density at radius 2 is 1.11 bits per heavy atom. The van der Waals surface area contributed by atoms with Crippen LogP contribution < -0.4 is 0 Å². The Kier molecular flexibility index (Phi) is 5.13. The summed E-state index contributed by atoms with van der Waals surface area (Å²) in [5.41, 5.74) is 3.56. The molecule has 0 spiro atoms.